The van der Waals surface area contributed by atoms with Crippen LogP contribution >= 0.6 is 0 Å². The van der Waals surface area contributed by atoms with Gasteiger partial charge in [-0.1, -0.05) is 34.6 Å². The lowest BCUT2D eigenvalue weighted by molar-refractivity contribution is -0.141. The lowest BCUT2D eigenvalue weighted by atomic mass is 10.1. The van der Waals surface area contributed by atoms with E-state index >= 15 is 0 Å². The van der Waals surface area contributed by atoms with Crippen LogP contribution in [0.15, 0.2) is 0 Å². The second-order valence-corrected chi connectivity index (χ2v) is 5.58. The Bertz CT molecular complexity index is 202. The smallest absolute Gasteiger partial charge is 0.307 e. The van der Waals surface area contributed by atoms with Gasteiger partial charge in [-0.2, -0.15) is 0 Å². The highest BCUT2D eigenvalue weighted by Gasteiger charge is 2.16. The molecule has 0 aromatic rings. The summed E-state index contributed by atoms with van der Waals surface area (Å²) in [6, 6.07) is 0. The van der Waals surface area contributed by atoms with Crippen molar-refractivity contribution in [2.75, 3.05) is 19.6 Å². The van der Waals surface area contributed by atoms with Gasteiger partial charge in [-0.05, 0) is 24.8 Å². The molecule has 1 unspecified atom stereocenters. The second-order valence-electron chi connectivity index (χ2n) is 5.58. The van der Waals surface area contributed by atoms with Crippen LogP contribution in [0, 0.1) is 17.8 Å². The van der Waals surface area contributed by atoms with Crippen LogP contribution in [-0.4, -0.2) is 35.6 Å². The molecule has 0 aliphatic heterocycles. The highest BCUT2D eigenvalue weighted by Crippen LogP contribution is 2.08. The Kier molecular flexibility index (Phi) is 7.39. The van der Waals surface area contributed by atoms with Gasteiger partial charge in [-0.3, -0.25) is 4.79 Å². The summed E-state index contributed by atoms with van der Waals surface area (Å²) in [4.78, 5) is 13.1. The van der Waals surface area contributed by atoms with Crippen molar-refractivity contribution in [3.8, 4) is 0 Å². The van der Waals surface area contributed by atoms with Crippen LogP contribution in [0.3, 0.4) is 0 Å². The van der Waals surface area contributed by atoms with E-state index in [9.17, 15) is 4.79 Å². The molecule has 0 aliphatic rings. The summed E-state index contributed by atoms with van der Waals surface area (Å²) in [7, 11) is 0. The first-order chi connectivity index (χ1) is 7.32. The summed E-state index contributed by atoms with van der Waals surface area (Å²) in [6.07, 6.45) is 1.14. The van der Waals surface area contributed by atoms with Crippen molar-refractivity contribution in [2.24, 2.45) is 17.8 Å². The number of carboxylic acid groups (broad SMARTS) is 1. The van der Waals surface area contributed by atoms with Crippen LogP contribution in [-0.2, 0) is 4.79 Å². The molecular weight excluding hydrogens is 202 g/mol. The van der Waals surface area contributed by atoms with E-state index in [-0.39, 0.29) is 5.92 Å². The van der Waals surface area contributed by atoms with E-state index in [1.165, 1.54) is 0 Å². The highest BCUT2D eigenvalue weighted by atomic mass is 16.4. The van der Waals surface area contributed by atoms with Crippen molar-refractivity contribution in [3.05, 3.63) is 0 Å². The second kappa shape index (κ2) is 7.66. The zero-order chi connectivity index (χ0) is 12.7. The molecular formula is C13H27NO2. The van der Waals surface area contributed by atoms with E-state index in [0.717, 1.165) is 19.5 Å². The van der Waals surface area contributed by atoms with Crippen molar-refractivity contribution >= 4 is 5.97 Å². The van der Waals surface area contributed by atoms with Gasteiger partial charge in [0.15, 0.2) is 0 Å². The molecule has 1 atom stereocenters. The summed E-state index contributed by atoms with van der Waals surface area (Å²) in [5, 5.41) is 8.92. The van der Waals surface area contributed by atoms with Gasteiger partial charge in [0.05, 0.1) is 5.92 Å². The molecule has 0 aromatic heterocycles. The van der Waals surface area contributed by atoms with E-state index in [1.54, 1.807) is 6.92 Å². The Labute approximate surface area is 99.8 Å². The summed E-state index contributed by atoms with van der Waals surface area (Å²) < 4.78 is 0. The molecule has 0 saturated carbocycles. The average Bonchev–Trinajstić information content (AvgIpc) is 2.12. The molecule has 0 amide bonds. The number of hydrogen-bond acceptors (Lipinski definition) is 2. The third-order valence-electron chi connectivity index (χ3n) is 2.60. The fraction of sp³-hybridized carbons (Fsp3) is 0.923. The normalized spacial score (nSPS) is 13.8. The predicted molar refractivity (Wildman–Crippen MR) is 67.5 cm³/mol. The first-order valence-corrected chi connectivity index (χ1v) is 6.28. The molecule has 0 fully saturated rings. The van der Waals surface area contributed by atoms with E-state index in [1.807, 2.05) is 0 Å². The van der Waals surface area contributed by atoms with Gasteiger partial charge in [-0.25, -0.2) is 0 Å². The maximum absolute atomic E-state index is 10.8. The minimum Gasteiger partial charge on any atom is -0.481 e. The molecule has 0 rings (SSSR count). The third kappa shape index (κ3) is 7.69. The predicted octanol–water partition coefficient (Wildman–Crippen LogP) is 2.71. The Morgan fingerprint density at radius 1 is 1.06 bits per heavy atom. The van der Waals surface area contributed by atoms with E-state index in [4.69, 9.17) is 5.11 Å². The maximum atomic E-state index is 10.8. The fourth-order valence-corrected chi connectivity index (χ4v) is 1.68. The summed E-state index contributed by atoms with van der Waals surface area (Å²) in [5.41, 5.74) is 0. The Morgan fingerprint density at radius 3 is 2.00 bits per heavy atom. The Balaban J connectivity index is 4.14. The number of aliphatic carboxylic acids is 1. The first kappa shape index (κ1) is 15.4. The largest absolute Gasteiger partial charge is 0.481 e. The van der Waals surface area contributed by atoms with Crippen LogP contribution in [0.5, 0.6) is 0 Å². The molecule has 1 N–H and O–H groups in total. The van der Waals surface area contributed by atoms with Crippen LogP contribution in [0.1, 0.15) is 41.0 Å². The van der Waals surface area contributed by atoms with Crippen LogP contribution in [0.2, 0.25) is 0 Å². The number of carboxylic acids is 1. The van der Waals surface area contributed by atoms with Gasteiger partial charge in [0.1, 0.15) is 0 Å². The molecule has 0 saturated heterocycles. The van der Waals surface area contributed by atoms with Gasteiger partial charge in [-0.15, -0.1) is 0 Å². The van der Waals surface area contributed by atoms with Gasteiger partial charge < -0.3 is 10.0 Å². The quantitative estimate of drug-likeness (QED) is 0.695. The number of rotatable bonds is 8. The zero-order valence-corrected chi connectivity index (χ0v) is 11.4. The first-order valence-electron chi connectivity index (χ1n) is 6.28. The van der Waals surface area contributed by atoms with Crippen molar-refractivity contribution in [2.45, 2.75) is 41.0 Å². The van der Waals surface area contributed by atoms with Crippen molar-refractivity contribution in [1.29, 1.82) is 0 Å². The topological polar surface area (TPSA) is 40.5 Å². The standard InChI is InChI=1S/C13H27NO2/c1-10(2)6-7-14(8-11(3)4)9-12(5)13(15)16/h10-12H,6-9H2,1-5H3,(H,15,16). The maximum Gasteiger partial charge on any atom is 0.307 e. The molecule has 0 aromatic carbocycles. The zero-order valence-electron chi connectivity index (χ0n) is 11.4. The molecule has 16 heavy (non-hydrogen) atoms. The molecule has 96 valence electrons. The Morgan fingerprint density at radius 2 is 1.62 bits per heavy atom. The molecule has 0 aliphatic carbocycles. The van der Waals surface area contributed by atoms with Crippen LogP contribution in [0.25, 0.3) is 0 Å². The molecule has 3 nitrogen and oxygen atoms in total. The number of carbonyl (C=O) groups is 1. The third-order valence-corrected chi connectivity index (χ3v) is 2.60. The summed E-state index contributed by atoms with van der Waals surface area (Å²) >= 11 is 0. The van der Waals surface area contributed by atoms with Gasteiger partial charge >= 0.3 is 5.97 Å². The summed E-state index contributed by atoms with van der Waals surface area (Å²) in [5.74, 6) is 0.298. The minimum atomic E-state index is -0.696. The van der Waals surface area contributed by atoms with Gasteiger partial charge in [0.2, 0.25) is 0 Å². The van der Waals surface area contributed by atoms with E-state index in [0.29, 0.717) is 18.4 Å². The van der Waals surface area contributed by atoms with Crippen LogP contribution in [0.4, 0.5) is 0 Å². The molecule has 0 radical (unpaired) electrons. The lowest BCUT2D eigenvalue weighted by Crippen LogP contribution is -2.35. The fourth-order valence-electron chi connectivity index (χ4n) is 1.68. The van der Waals surface area contributed by atoms with Crippen LogP contribution < -0.4 is 0 Å². The highest BCUT2D eigenvalue weighted by molar-refractivity contribution is 5.69. The van der Waals surface area contributed by atoms with Gasteiger partial charge in [0, 0.05) is 13.1 Å². The van der Waals surface area contributed by atoms with Crippen molar-refractivity contribution in [1.82, 2.24) is 4.90 Å². The van der Waals surface area contributed by atoms with Crippen molar-refractivity contribution < 1.29 is 9.90 Å². The average molecular weight is 229 g/mol. The monoisotopic (exact) mass is 229 g/mol. The van der Waals surface area contributed by atoms with E-state index < -0.39 is 5.97 Å². The lowest BCUT2D eigenvalue weighted by Gasteiger charge is -2.26. The Hall–Kier alpha value is -0.570. The number of hydrogen-bond donors (Lipinski definition) is 1. The molecule has 0 bridgehead atoms. The molecule has 0 spiro atoms. The number of nitrogens with zero attached hydrogens (tertiary/aromatic N) is 1. The minimum absolute atomic E-state index is 0.272. The van der Waals surface area contributed by atoms with E-state index in [2.05, 4.69) is 32.6 Å². The van der Waals surface area contributed by atoms with Gasteiger partial charge in [0.25, 0.3) is 0 Å². The summed E-state index contributed by atoms with van der Waals surface area (Å²) in [6.45, 7) is 13.2. The SMILES string of the molecule is CC(C)CCN(CC(C)C)CC(C)C(=O)O. The van der Waals surface area contributed by atoms with Crippen molar-refractivity contribution in [3.63, 3.8) is 0 Å². The molecule has 0 heterocycles. The molecule has 3 heteroatoms.